The van der Waals surface area contributed by atoms with Crippen molar-refractivity contribution in [1.82, 2.24) is 4.31 Å². The highest BCUT2D eigenvalue weighted by atomic mass is 127. The molecule has 0 radical (unpaired) electrons. The SMILES string of the molecule is Cc1ccc(S(=O)(=O)N(C)C)cc1NC(=O)C(C)Oc1ccc(I)cc1. The summed E-state index contributed by atoms with van der Waals surface area (Å²) in [5.41, 5.74) is 1.20. The highest BCUT2D eigenvalue weighted by Gasteiger charge is 2.20. The monoisotopic (exact) mass is 488 g/mol. The Morgan fingerprint density at radius 2 is 1.77 bits per heavy atom. The zero-order valence-electron chi connectivity index (χ0n) is 15.0. The predicted molar refractivity (Wildman–Crippen MR) is 110 cm³/mol. The van der Waals surface area contributed by atoms with Gasteiger partial charge >= 0.3 is 0 Å². The number of sulfonamides is 1. The highest BCUT2D eigenvalue weighted by Crippen LogP contribution is 2.22. The molecule has 0 saturated carbocycles. The number of halogens is 1. The average Bonchev–Trinajstić information content (AvgIpc) is 2.58. The van der Waals surface area contributed by atoms with E-state index in [-0.39, 0.29) is 10.8 Å². The zero-order valence-corrected chi connectivity index (χ0v) is 18.0. The van der Waals surface area contributed by atoms with Gasteiger partial charge in [0.2, 0.25) is 10.0 Å². The van der Waals surface area contributed by atoms with Crippen LogP contribution in [-0.2, 0) is 14.8 Å². The number of amides is 1. The topological polar surface area (TPSA) is 75.7 Å². The van der Waals surface area contributed by atoms with Crippen LogP contribution in [0.25, 0.3) is 0 Å². The van der Waals surface area contributed by atoms with E-state index in [1.54, 1.807) is 32.0 Å². The van der Waals surface area contributed by atoms with E-state index in [2.05, 4.69) is 27.9 Å². The fraction of sp³-hybridized carbons (Fsp3) is 0.278. The fourth-order valence-electron chi connectivity index (χ4n) is 2.11. The quantitative estimate of drug-likeness (QED) is 0.634. The molecular weight excluding hydrogens is 467 g/mol. The van der Waals surface area contributed by atoms with Gasteiger partial charge in [0.25, 0.3) is 5.91 Å². The van der Waals surface area contributed by atoms with Crippen LogP contribution in [0.1, 0.15) is 12.5 Å². The summed E-state index contributed by atoms with van der Waals surface area (Å²) < 4.78 is 32.4. The molecule has 0 fully saturated rings. The van der Waals surface area contributed by atoms with Gasteiger partial charge in [-0.3, -0.25) is 4.79 Å². The first-order valence-corrected chi connectivity index (χ1v) is 10.4. The number of hydrogen-bond donors (Lipinski definition) is 1. The third kappa shape index (κ3) is 4.95. The molecule has 26 heavy (non-hydrogen) atoms. The molecule has 6 nitrogen and oxygen atoms in total. The van der Waals surface area contributed by atoms with Crippen molar-refractivity contribution in [3.05, 3.63) is 51.6 Å². The molecule has 140 valence electrons. The van der Waals surface area contributed by atoms with E-state index < -0.39 is 16.1 Å². The van der Waals surface area contributed by atoms with Crippen LogP contribution < -0.4 is 10.1 Å². The standard InChI is InChI=1S/C18H21IN2O4S/c1-12-5-10-16(26(23,24)21(3)4)11-17(12)20-18(22)13(2)25-15-8-6-14(19)7-9-15/h5-11,13H,1-4H3,(H,20,22). The van der Waals surface area contributed by atoms with Crippen LogP contribution in [-0.4, -0.2) is 38.8 Å². The Hall–Kier alpha value is -1.65. The van der Waals surface area contributed by atoms with E-state index >= 15 is 0 Å². The summed E-state index contributed by atoms with van der Waals surface area (Å²) in [6.45, 7) is 3.44. The zero-order chi connectivity index (χ0) is 19.5. The van der Waals surface area contributed by atoms with E-state index in [4.69, 9.17) is 4.74 Å². The minimum absolute atomic E-state index is 0.120. The van der Waals surface area contributed by atoms with E-state index in [0.29, 0.717) is 11.4 Å². The third-order valence-electron chi connectivity index (χ3n) is 3.74. The predicted octanol–water partition coefficient (Wildman–Crippen LogP) is 3.26. The van der Waals surface area contributed by atoms with Crippen LogP contribution in [0.15, 0.2) is 47.4 Å². The first-order chi connectivity index (χ1) is 12.1. The van der Waals surface area contributed by atoms with Gasteiger partial charge in [-0.2, -0.15) is 0 Å². The lowest BCUT2D eigenvalue weighted by atomic mass is 10.2. The minimum Gasteiger partial charge on any atom is -0.481 e. The Kier molecular flexibility index (Phi) is 6.64. The number of hydrogen-bond acceptors (Lipinski definition) is 4. The summed E-state index contributed by atoms with van der Waals surface area (Å²) in [5.74, 6) is 0.236. The van der Waals surface area contributed by atoms with Crippen LogP contribution >= 0.6 is 22.6 Å². The third-order valence-corrected chi connectivity index (χ3v) is 6.27. The second-order valence-electron chi connectivity index (χ2n) is 5.97. The molecule has 0 bridgehead atoms. The van der Waals surface area contributed by atoms with Gasteiger partial charge in [-0.15, -0.1) is 0 Å². The van der Waals surface area contributed by atoms with Crippen molar-refractivity contribution < 1.29 is 17.9 Å². The first kappa shape index (κ1) is 20.7. The molecule has 2 aromatic rings. The van der Waals surface area contributed by atoms with Gasteiger partial charge in [0.05, 0.1) is 4.90 Å². The van der Waals surface area contributed by atoms with Gasteiger partial charge in [-0.1, -0.05) is 6.07 Å². The van der Waals surface area contributed by atoms with Crippen molar-refractivity contribution in [3.8, 4) is 5.75 Å². The number of nitrogens with zero attached hydrogens (tertiary/aromatic N) is 1. The van der Waals surface area contributed by atoms with Gasteiger partial charge in [-0.25, -0.2) is 12.7 Å². The summed E-state index contributed by atoms with van der Waals surface area (Å²) in [5, 5.41) is 2.74. The summed E-state index contributed by atoms with van der Waals surface area (Å²) in [6.07, 6.45) is -0.733. The highest BCUT2D eigenvalue weighted by molar-refractivity contribution is 14.1. The number of ether oxygens (including phenoxy) is 1. The summed E-state index contributed by atoms with van der Waals surface area (Å²) in [6, 6.07) is 12.0. The summed E-state index contributed by atoms with van der Waals surface area (Å²) in [4.78, 5) is 12.6. The molecule has 0 aliphatic rings. The maximum absolute atomic E-state index is 12.4. The molecule has 0 heterocycles. The van der Waals surface area contributed by atoms with Gasteiger partial charge in [0.1, 0.15) is 5.75 Å². The number of aryl methyl sites for hydroxylation is 1. The molecule has 0 aliphatic heterocycles. The maximum atomic E-state index is 12.4. The lowest BCUT2D eigenvalue weighted by Crippen LogP contribution is -2.30. The number of carbonyl (C=O) groups is 1. The molecule has 0 saturated heterocycles. The second kappa shape index (κ2) is 8.36. The van der Waals surface area contributed by atoms with Crippen molar-refractivity contribution in [1.29, 1.82) is 0 Å². The van der Waals surface area contributed by atoms with Crippen molar-refractivity contribution in [2.75, 3.05) is 19.4 Å². The molecule has 2 rings (SSSR count). The molecule has 0 aliphatic carbocycles. The Morgan fingerprint density at radius 3 is 2.35 bits per heavy atom. The van der Waals surface area contributed by atoms with E-state index in [0.717, 1.165) is 13.4 Å². The van der Waals surface area contributed by atoms with Crippen molar-refractivity contribution in [2.45, 2.75) is 24.8 Å². The van der Waals surface area contributed by atoms with E-state index in [1.807, 2.05) is 12.1 Å². The van der Waals surface area contributed by atoms with Gasteiger partial charge < -0.3 is 10.1 Å². The molecular formula is C18H21IN2O4S. The van der Waals surface area contributed by atoms with Crippen LogP contribution in [0.4, 0.5) is 5.69 Å². The molecule has 0 spiro atoms. The van der Waals surface area contributed by atoms with Crippen molar-refractivity contribution in [2.24, 2.45) is 0 Å². The van der Waals surface area contributed by atoms with E-state index in [1.165, 1.54) is 26.2 Å². The minimum atomic E-state index is -3.57. The van der Waals surface area contributed by atoms with Crippen LogP contribution in [0.2, 0.25) is 0 Å². The van der Waals surface area contributed by atoms with Gasteiger partial charge in [0, 0.05) is 23.4 Å². The van der Waals surface area contributed by atoms with Crippen LogP contribution in [0, 0.1) is 10.5 Å². The lowest BCUT2D eigenvalue weighted by molar-refractivity contribution is -0.122. The Bertz CT molecular complexity index is 896. The Balaban J connectivity index is 2.16. The van der Waals surface area contributed by atoms with Gasteiger partial charge in [-0.05, 0) is 78.4 Å². The van der Waals surface area contributed by atoms with Crippen LogP contribution in [0.3, 0.4) is 0 Å². The number of nitrogens with one attached hydrogen (secondary N) is 1. The molecule has 8 heteroatoms. The number of rotatable bonds is 6. The summed E-state index contributed by atoms with van der Waals surface area (Å²) in [7, 11) is -0.649. The Morgan fingerprint density at radius 1 is 1.15 bits per heavy atom. The van der Waals surface area contributed by atoms with Gasteiger partial charge in [0.15, 0.2) is 6.10 Å². The number of benzene rings is 2. The largest absolute Gasteiger partial charge is 0.481 e. The number of anilines is 1. The molecule has 2 aromatic carbocycles. The number of carbonyl (C=O) groups excluding carboxylic acids is 1. The van der Waals surface area contributed by atoms with Crippen molar-refractivity contribution in [3.63, 3.8) is 0 Å². The molecule has 1 amide bonds. The Labute approximate surface area is 167 Å². The van der Waals surface area contributed by atoms with Crippen LogP contribution in [0.5, 0.6) is 5.75 Å². The molecule has 0 aromatic heterocycles. The molecule has 1 atom stereocenters. The first-order valence-electron chi connectivity index (χ1n) is 7.87. The maximum Gasteiger partial charge on any atom is 0.265 e. The summed E-state index contributed by atoms with van der Waals surface area (Å²) >= 11 is 2.19. The van der Waals surface area contributed by atoms with E-state index in [9.17, 15) is 13.2 Å². The molecule has 1 N–H and O–H groups in total. The lowest BCUT2D eigenvalue weighted by Gasteiger charge is -2.17. The second-order valence-corrected chi connectivity index (χ2v) is 9.36. The normalized spacial score (nSPS) is 12.7. The average molecular weight is 488 g/mol. The van der Waals surface area contributed by atoms with Crippen molar-refractivity contribution >= 4 is 44.2 Å². The smallest absolute Gasteiger partial charge is 0.265 e. The fourth-order valence-corrected chi connectivity index (χ4v) is 3.40. The molecule has 1 unspecified atom stereocenters.